The summed E-state index contributed by atoms with van der Waals surface area (Å²) in [6, 6.07) is 1.25. The summed E-state index contributed by atoms with van der Waals surface area (Å²) in [6.45, 7) is 0. The van der Waals surface area contributed by atoms with Gasteiger partial charge in [0.25, 0.3) is 6.43 Å². The monoisotopic (exact) mass is 217 g/mol. The third-order valence-electron chi connectivity index (χ3n) is 1.80. The molecule has 0 saturated heterocycles. The summed E-state index contributed by atoms with van der Waals surface area (Å²) in [5.74, 6) is -1.41. The summed E-state index contributed by atoms with van der Waals surface area (Å²) in [6.07, 6.45) is -2.04. The standard InChI is InChI=1S/C9H9F2NO3/c1-15-9-7(8(10)11)5(2-3-12-9)4-6(13)14/h2-3,8H,4H2,1H3,(H,13,14). The van der Waals surface area contributed by atoms with Gasteiger partial charge in [-0.1, -0.05) is 0 Å². The summed E-state index contributed by atoms with van der Waals surface area (Å²) < 4.78 is 29.9. The number of nitrogens with zero attached hydrogens (tertiary/aromatic N) is 1. The molecule has 0 aliphatic rings. The molecule has 0 fully saturated rings. The van der Waals surface area contributed by atoms with Crippen LogP contribution in [0.15, 0.2) is 12.3 Å². The molecule has 0 spiro atoms. The van der Waals surface area contributed by atoms with Crippen LogP contribution >= 0.6 is 0 Å². The molecule has 0 aliphatic carbocycles. The minimum atomic E-state index is -2.80. The Hall–Kier alpha value is -1.72. The van der Waals surface area contributed by atoms with E-state index in [1.807, 2.05) is 0 Å². The Morgan fingerprint density at radius 3 is 2.80 bits per heavy atom. The van der Waals surface area contributed by atoms with Crippen LogP contribution in [0.3, 0.4) is 0 Å². The molecule has 0 aliphatic heterocycles. The van der Waals surface area contributed by atoms with Crippen molar-refractivity contribution >= 4 is 5.97 Å². The van der Waals surface area contributed by atoms with Crippen molar-refractivity contribution in [2.45, 2.75) is 12.8 Å². The summed E-state index contributed by atoms with van der Waals surface area (Å²) in [5.41, 5.74) is -0.438. The minimum Gasteiger partial charge on any atom is -0.481 e. The Balaban J connectivity index is 3.19. The van der Waals surface area contributed by atoms with Crippen LogP contribution in [0.2, 0.25) is 0 Å². The van der Waals surface area contributed by atoms with Gasteiger partial charge in [-0.2, -0.15) is 0 Å². The van der Waals surface area contributed by atoms with Crippen molar-refractivity contribution in [3.8, 4) is 5.88 Å². The Morgan fingerprint density at radius 1 is 1.67 bits per heavy atom. The molecular formula is C9H9F2NO3. The van der Waals surface area contributed by atoms with Crippen LogP contribution in [-0.2, 0) is 11.2 Å². The van der Waals surface area contributed by atoms with Gasteiger partial charge in [0.1, 0.15) is 0 Å². The van der Waals surface area contributed by atoms with Crippen molar-refractivity contribution < 1.29 is 23.4 Å². The molecule has 0 amide bonds. The topological polar surface area (TPSA) is 59.4 Å². The number of pyridine rings is 1. The number of methoxy groups -OCH3 is 1. The van der Waals surface area contributed by atoms with Gasteiger partial charge in [0.05, 0.1) is 19.1 Å². The molecule has 15 heavy (non-hydrogen) atoms. The number of carboxylic acids is 1. The number of hydrogen-bond acceptors (Lipinski definition) is 3. The number of ether oxygens (including phenoxy) is 1. The first-order chi connectivity index (χ1) is 7.06. The van der Waals surface area contributed by atoms with Crippen LogP contribution in [0.25, 0.3) is 0 Å². The lowest BCUT2D eigenvalue weighted by Gasteiger charge is -2.10. The fourth-order valence-corrected chi connectivity index (χ4v) is 1.20. The van der Waals surface area contributed by atoms with Gasteiger partial charge in [-0.15, -0.1) is 0 Å². The Bertz CT molecular complexity index is 368. The van der Waals surface area contributed by atoms with Crippen LogP contribution in [-0.4, -0.2) is 23.2 Å². The first-order valence-corrected chi connectivity index (χ1v) is 4.08. The van der Waals surface area contributed by atoms with Crippen molar-refractivity contribution in [1.82, 2.24) is 4.98 Å². The second-order valence-electron chi connectivity index (χ2n) is 2.76. The lowest BCUT2D eigenvalue weighted by molar-refractivity contribution is -0.136. The third kappa shape index (κ3) is 2.61. The molecule has 4 nitrogen and oxygen atoms in total. The normalized spacial score (nSPS) is 10.4. The number of halogens is 2. The highest BCUT2D eigenvalue weighted by Crippen LogP contribution is 2.30. The molecule has 0 saturated carbocycles. The van der Waals surface area contributed by atoms with Crippen LogP contribution in [0.5, 0.6) is 5.88 Å². The van der Waals surface area contributed by atoms with E-state index in [9.17, 15) is 13.6 Å². The molecule has 1 aromatic heterocycles. The SMILES string of the molecule is COc1nccc(CC(=O)O)c1C(F)F. The highest BCUT2D eigenvalue weighted by molar-refractivity contribution is 5.71. The molecule has 1 rings (SSSR count). The molecule has 1 N–H and O–H groups in total. The van der Waals surface area contributed by atoms with Crippen molar-refractivity contribution in [3.05, 3.63) is 23.4 Å². The molecule has 6 heteroatoms. The number of alkyl halides is 2. The molecule has 0 radical (unpaired) electrons. The van der Waals surface area contributed by atoms with E-state index in [1.54, 1.807) is 0 Å². The molecule has 0 unspecified atom stereocenters. The van der Waals surface area contributed by atoms with Gasteiger partial charge in [-0.05, 0) is 11.6 Å². The smallest absolute Gasteiger partial charge is 0.307 e. The largest absolute Gasteiger partial charge is 0.481 e. The second kappa shape index (κ2) is 4.68. The summed E-state index contributed by atoms with van der Waals surface area (Å²) in [4.78, 5) is 14.0. The summed E-state index contributed by atoms with van der Waals surface area (Å²) in [7, 11) is 1.21. The minimum absolute atomic E-state index is 0.0179. The van der Waals surface area contributed by atoms with Gasteiger partial charge in [0, 0.05) is 6.20 Å². The van der Waals surface area contributed by atoms with Crippen LogP contribution < -0.4 is 4.74 Å². The fraction of sp³-hybridized carbons (Fsp3) is 0.333. The molecule has 1 heterocycles. The maximum Gasteiger partial charge on any atom is 0.307 e. The van der Waals surface area contributed by atoms with Crippen LogP contribution in [0.4, 0.5) is 8.78 Å². The summed E-state index contributed by atoms with van der Waals surface area (Å²) >= 11 is 0. The molecule has 0 atom stereocenters. The maximum absolute atomic E-state index is 12.6. The number of aromatic nitrogens is 1. The van der Waals surface area contributed by atoms with Crippen molar-refractivity contribution in [1.29, 1.82) is 0 Å². The first kappa shape index (κ1) is 11.4. The Labute approximate surface area is 84.5 Å². The van der Waals surface area contributed by atoms with Crippen molar-refractivity contribution in [2.24, 2.45) is 0 Å². The number of carboxylic acid groups (broad SMARTS) is 1. The Morgan fingerprint density at radius 2 is 2.33 bits per heavy atom. The zero-order valence-electron chi connectivity index (χ0n) is 7.91. The van der Waals surface area contributed by atoms with Crippen molar-refractivity contribution in [3.63, 3.8) is 0 Å². The lowest BCUT2D eigenvalue weighted by Crippen LogP contribution is -2.06. The quantitative estimate of drug-likeness (QED) is 0.833. The maximum atomic E-state index is 12.6. The number of carbonyl (C=O) groups is 1. The average Bonchev–Trinajstić information content (AvgIpc) is 2.15. The van der Waals surface area contributed by atoms with E-state index < -0.39 is 24.4 Å². The van der Waals surface area contributed by atoms with E-state index in [0.717, 1.165) is 0 Å². The van der Waals surface area contributed by atoms with Gasteiger partial charge >= 0.3 is 5.97 Å². The van der Waals surface area contributed by atoms with E-state index in [-0.39, 0.29) is 11.4 Å². The molecule has 0 bridgehead atoms. The Kier molecular flexibility index (Phi) is 3.54. The summed E-state index contributed by atoms with van der Waals surface area (Å²) in [5, 5.41) is 8.53. The number of rotatable bonds is 4. The first-order valence-electron chi connectivity index (χ1n) is 4.08. The zero-order valence-corrected chi connectivity index (χ0v) is 7.91. The highest BCUT2D eigenvalue weighted by atomic mass is 19.3. The fourth-order valence-electron chi connectivity index (χ4n) is 1.20. The lowest BCUT2D eigenvalue weighted by atomic mass is 10.1. The van der Waals surface area contributed by atoms with Gasteiger partial charge < -0.3 is 9.84 Å². The van der Waals surface area contributed by atoms with E-state index in [4.69, 9.17) is 5.11 Å². The van der Waals surface area contributed by atoms with Gasteiger partial charge in [-0.25, -0.2) is 13.8 Å². The molecule has 0 aromatic carbocycles. The number of hydrogen-bond donors (Lipinski definition) is 1. The van der Waals surface area contributed by atoms with Gasteiger partial charge in [0.2, 0.25) is 5.88 Å². The van der Waals surface area contributed by atoms with Crippen LogP contribution in [0.1, 0.15) is 17.6 Å². The van der Waals surface area contributed by atoms with E-state index in [2.05, 4.69) is 9.72 Å². The van der Waals surface area contributed by atoms with E-state index in [1.165, 1.54) is 19.4 Å². The van der Waals surface area contributed by atoms with Crippen molar-refractivity contribution in [2.75, 3.05) is 7.11 Å². The predicted octanol–water partition coefficient (Wildman–Crippen LogP) is 1.65. The highest BCUT2D eigenvalue weighted by Gasteiger charge is 2.20. The van der Waals surface area contributed by atoms with E-state index >= 15 is 0 Å². The van der Waals surface area contributed by atoms with Gasteiger partial charge in [-0.3, -0.25) is 4.79 Å². The second-order valence-corrected chi connectivity index (χ2v) is 2.76. The third-order valence-corrected chi connectivity index (χ3v) is 1.80. The predicted molar refractivity (Wildman–Crippen MR) is 47.1 cm³/mol. The molecular weight excluding hydrogens is 208 g/mol. The van der Waals surface area contributed by atoms with Crippen LogP contribution in [0, 0.1) is 0 Å². The average molecular weight is 217 g/mol. The number of aliphatic carboxylic acids is 1. The molecule has 82 valence electrons. The zero-order chi connectivity index (χ0) is 11.4. The molecule has 1 aromatic rings. The van der Waals surface area contributed by atoms with Gasteiger partial charge in [0.15, 0.2) is 0 Å². The van der Waals surface area contributed by atoms with E-state index in [0.29, 0.717) is 0 Å².